The largest absolute Gasteiger partial charge is 0.477 e. The van der Waals surface area contributed by atoms with E-state index in [1.807, 2.05) is 6.07 Å². The van der Waals surface area contributed by atoms with E-state index in [1.54, 1.807) is 12.3 Å². The molecule has 0 bridgehead atoms. The molecule has 0 fully saturated rings. The molecule has 2 N–H and O–H groups in total. The average Bonchev–Trinajstić information content (AvgIpc) is 2.70. The van der Waals surface area contributed by atoms with Gasteiger partial charge >= 0.3 is 5.97 Å². The van der Waals surface area contributed by atoms with Crippen LogP contribution in [0.5, 0.6) is 0 Å². The van der Waals surface area contributed by atoms with Crippen molar-refractivity contribution in [3.05, 3.63) is 35.4 Å². The van der Waals surface area contributed by atoms with Gasteiger partial charge in [-0.2, -0.15) is 0 Å². The maximum Gasteiger partial charge on any atom is 0.352 e. The van der Waals surface area contributed by atoms with Crippen molar-refractivity contribution in [1.82, 2.24) is 4.98 Å². The fourth-order valence-electron chi connectivity index (χ4n) is 1.87. The van der Waals surface area contributed by atoms with Crippen LogP contribution in [0.2, 0.25) is 0 Å². The molecule has 70 valence electrons. The molecule has 1 aliphatic rings. The molecule has 2 aromatic heterocycles. The molecule has 2 aromatic rings. The minimum absolute atomic E-state index is 0.238. The SMILES string of the molecule is O=C(O)c1cc2c([nH]1)-c1ccoc1C2. The zero-order valence-electron chi connectivity index (χ0n) is 7.20. The minimum Gasteiger partial charge on any atom is -0.477 e. The fourth-order valence-corrected chi connectivity index (χ4v) is 1.87. The first-order chi connectivity index (χ1) is 6.75. The number of aromatic amines is 1. The van der Waals surface area contributed by atoms with Crippen molar-refractivity contribution in [3.63, 3.8) is 0 Å². The van der Waals surface area contributed by atoms with Gasteiger partial charge in [0.25, 0.3) is 0 Å². The van der Waals surface area contributed by atoms with Crippen LogP contribution in [0.4, 0.5) is 0 Å². The van der Waals surface area contributed by atoms with Gasteiger partial charge < -0.3 is 14.5 Å². The fraction of sp³-hybridized carbons (Fsp3) is 0.100. The van der Waals surface area contributed by atoms with E-state index in [4.69, 9.17) is 9.52 Å². The maximum atomic E-state index is 10.7. The molecule has 3 rings (SSSR count). The molecule has 0 amide bonds. The lowest BCUT2D eigenvalue weighted by atomic mass is 10.2. The lowest BCUT2D eigenvalue weighted by molar-refractivity contribution is 0.0691. The summed E-state index contributed by atoms with van der Waals surface area (Å²) in [4.78, 5) is 13.6. The quantitative estimate of drug-likeness (QED) is 0.614. The molecule has 0 saturated heterocycles. The highest BCUT2D eigenvalue weighted by molar-refractivity contribution is 5.88. The number of fused-ring (bicyclic) bond motifs is 3. The van der Waals surface area contributed by atoms with Crippen LogP contribution in [0.3, 0.4) is 0 Å². The number of aromatic nitrogens is 1. The molecular weight excluding hydrogens is 182 g/mol. The van der Waals surface area contributed by atoms with E-state index in [-0.39, 0.29) is 5.69 Å². The predicted octanol–water partition coefficient (Wildman–Crippen LogP) is 1.88. The molecule has 4 nitrogen and oxygen atoms in total. The Morgan fingerprint density at radius 1 is 1.57 bits per heavy atom. The summed E-state index contributed by atoms with van der Waals surface area (Å²) in [5, 5.41) is 8.79. The van der Waals surface area contributed by atoms with Gasteiger partial charge in [0.2, 0.25) is 0 Å². The van der Waals surface area contributed by atoms with E-state index in [0.717, 1.165) is 22.6 Å². The molecule has 0 unspecified atom stereocenters. The van der Waals surface area contributed by atoms with E-state index in [9.17, 15) is 4.79 Å². The third-order valence-corrected chi connectivity index (χ3v) is 2.50. The number of carboxylic acids is 1. The van der Waals surface area contributed by atoms with Crippen molar-refractivity contribution in [2.24, 2.45) is 0 Å². The van der Waals surface area contributed by atoms with Gasteiger partial charge in [0.05, 0.1) is 12.0 Å². The summed E-state index contributed by atoms with van der Waals surface area (Å²) in [6.45, 7) is 0. The highest BCUT2D eigenvalue weighted by atomic mass is 16.4. The van der Waals surface area contributed by atoms with E-state index in [2.05, 4.69) is 4.98 Å². The number of H-pyrrole nitrogens is 1. The number of hydrogen-bond donors (Lipinski definition) is 2. The van der Waals surface area contributed by atoms with Gasteiger partial charge in [0.1, 0.15) is 11.5 Å². The smallest absolute Gasteiger partial charge is 0.352 e. The van der Waals surface area contributed by atoms with Gasteiger partial charge in [-0.3, -0.25) is 0 Å². The van der Waals surface area contributed by atoms with Crippen LogP contribution >= 0.6 is 0 Å². The minimum atomic E-state index is -0.926. The van der Waals surface area contributed by atoms with E-state index in [0.29, 0.717) is 6.42 Å². The van der Waals surface area contributed by atoms with E-state index >= 15 is 0 Å². The first-order valence-electron chi connectivity index (χ1n) is 4.27. The van der Waals surface area contributed by atoms with Gasteiger partial charge in [-0.1, -0.05) is 0 Å². The van der Waals surface area contributed by atoms with Crippen molar-refractivity contribution in [2.45, 2.75) is 6.42 Å². The summed E-state index contributed by atoms with van der Waals surface area (Å²) in [6.07, 6.45) is 2.30. The molecule has 0 radical (unpaired) electrons. The van der Waals surface area contributed by atoms with Crippen LogP contribution in [-0.2, 0) is 6.42 Å². The summed E-state index contributed by atoms with van der Waals surface area (Å²) >= 11 is 0. The second-order valence-corrected chi connectivity index (χ2v) is 3.32. The third kappa shape index (κ3) is 0.797. The molecule has 0 spiro atoms. The molecule has 0 aromatic carbocycles. The van der Waals surface area contributed by atoms with E-state index in [1.165, 1.54) is 0 Å². The molecular formula is C10H7NO3. The standard InChI is InChI=1S/C10H7NO3/c12-10(13)7-3-5-4-8-6(1-2-14-8)9(5)11-7/h1-3,11H,4H2,(H,12,13). The number of carbonyl (C=O) groups is 1. The Morgan fingerprint density at radius 3 is 3.21 bits per heavy atom. The van der Waals surface area contributed by atoms with Crippen molar-refractivity contribution < 1.29 is 14.3 Å². The summed E-state index contributed by atoms with van der Waals surface area (Å²) in [5.74, 6) is -0.0207. The number of aromatic carboxylic acids is 1. The Balaban J connectivity index is 2.20. The zero-order valence-corrected chi connectivity index (χ0v) is 7.20. The molecule has 14 heavy (non-hydrogen) atoms. The zero-order chi connectivity index (χ0) is 9.71. The molecule has 0 saturated carbocycles. The van der Waals surface area contributed by atoms with Crippen LogP contribution in [-0.4, -0.2) is 16.1 Å². The predicted molar refractivity (Wildman–Crippen MR) is 48.3 cm³/mol. The number of nitrogens with one attached hydrogen (secondary N) is 1. The number of hydrogen-bond acceptors (Lipinski definition) is 2. The normalized spacial score (nSPS) is 12.6. The van der Waals surface area contributed by atoms with Crippen LogP contribution in [0.1, 0.15) is 21.8 Å². The summed E-state index contributed by atoms with van der Waals surface area (Å²) < 4.78 is 5.25. The highest BCUT2D eigenvalue weighted by Crippen LogP contribution is 2.36. The molecule has 2 heterocycles. The lowest BCUT2D eigenvalue weighted by Gasteiger charge is -1.89. The Hall–Kier alpha value is -1.97. The monoisotopic (exact) mass is 189 g/mol. The van der Waals surface area contributed by atoms with Crippen molar-refractivity contribution in [3.8, 4) is 11.3 Å². The second-order valence-electron chi connectivity index (χ2n) is 3.32. The number of rotatable bonds is 1. The maximum absolute atomic E-state index is 10.7. The number of furan rings is 1. The molecule has 4 heteroatoms. The topological polar surface area (TPSA) is 66.2 Å². The van der Waals surface area contributed by atoms with Gasteiger partial charge in [0, 0.05) is 12.0 Å². The Kier molecular flexibility index (Phi) is 1.21. The van der Waals surface area contributed by atoms with Gasteiger partial charge in [-0.25, -0.2) is 4.79 Å². The van der Waals surface area contributed by atoms with Crippen molar-refractivity contribution in [1.29, 1.82) is 0 Å². The summed E-state index contributed by atoms with van der Waals surface area (Å²) in [7, 11) is 0. The van der Waals surface area contributed by atoms with Gasteiger partial charge in [-0.15, -0.1) is 0 Å². The van der Waals surface area contributed by atoms with Crippen molar-refractivity contribution in [2.75, 3.05) is 0 Å². The summed E-state index contributed by atoms with van der Waals surface area (Å²) in [5.41, 5.74) is 3.09. The average molecular weight is 189 g/mol. The molecule has 0 aliphatic heterocycles. The number of carboxylic acid groups (broad SMARTS) is 1. The van der Waals surface area contributed by atoms with Crippen molar-refractivity contribution >= 4 is 5.97 Å². The highest BCUT2D eigenvalue weighted by Gasteiger charge is 2.24. The first-order valence-corrected chi connectivity index (χ1v) is 4.27. The third-order valence-electron chi connectivity index (χ3n) is 2.50. The Morgan fingerprint density at radius 2 is 2.43 bits per heavy atom. The van der Waals surface area contributed by atoms with Gasteiger partial charge in [0.15, 0.2) is 0 Å². The molecule has 0 atom stereocenters. The lowest BCUT2D eigenvalue weighted by Crippen LogP contribution is -1.95. The molecule has 1 aliphatic carbocycles. The Labute approximate surface area is 79.2 Å². The Bertz CT molecular complexity index is 521. The van der Waals surface area contributed by atoms with Crippen LogP contribution < -0.4 is 0 Å². The first kappa shape index (κ1) is 7.44. The van der Waals surface area contributed by atoms with E-state index < -0.39 is 5.97 Å². The second kappa shape index (κ2) is 2.29. The van der Waals surface area contributed by atoms with Crippen LogP contribution in [0.15, 0.2) is 22.8 Å². The summed E-state index contributed by atoms with van der Waals surface area (Å²) in [6, 6.07) is 3.51. The van der Waals surface area contributed by atoms with Crippen LogP contribution in [0.25, 0.3) is 11.3 Å². The van der Waals surface area contributed by atoms with Gasteiger partial charge in [-0.05, 0) is 17.7 Å². The van der Waals surface area contributed by atoms with Crippen LogP contribution in [0, 0.1) is 0 Å².